The van der Waals surface area contributed by atoms with Crippen molar-refractivity contribution in [2.75, 3.05) is 19.0 Å². The molecule has 1 atom stereocenters. The largest absolute Gasteiger partial charge is 0.369 e. The van der Waals surface area contributed by atoms with Gasteiger partial charge in [0.25, 0.3) is 0 Å². The van der Waals surface area contributed by atoms with Crippen LogP contribution < -0.4 is 10.2 Å². The van der Waals surface area contributed by atoms with E-state index in [0.717, 1.165) is 17.3 Å². The molecule has 106 valence electrons. The van der Waals surface area contributed by atoms with Crippen molar-refractivity contribution in [2.24, 2.45) is 0 Å². The molecule has 0 saturated heterocycles. The minimum absolute atomic E-state index is 0.296. The molecule has 0 radical (unpaired) electrons. The molecular weight excluding hydrogens is 270 g/mol. The maximum Gasteiger partial charge on any atom is 0.0642 e. The first-order valence-electron chi connectivity index (χ1n) is 6.68. The monoisotopic (exact) mass is 289 g/mol. The van der Waals surface area contributed by atoms with E-state index < -0.39 is 0 Å². The average molecular weight is 290 g/mol. The number of hydrogen-bond acceptors (Lipinski definition) is 3. The summed E-state index contributed by atoms with van der Waals surface area (Å²) in [6, 6.07) is 10.5. The molecule has 4 heteroatoms. The number of pyridine rings is 1. The third kappa shape index (κ3) is 3.50. The predicted molar refractivity (Wildman–Crippen MR) is 85.3 cm³/mol. The minimum atomic E-state index is 0.296. The molecule has 1 N–H and O–H groups in total. The third-order valence-electron chi connectivity index (χ3n) is 3.46. The highest BCUT2D eigenvalue weighted by Gasteiger charge is 2.10. The molecule has 1 aromatic heterocycles. The van der Waals surface area contributed by atoms with Gasteiger partial charge in [0.15, 0.2) is 0 Å². The zero-order valence-electron chi connectivity index (χ0n) is 12.1. The Morgan fingerprint density at radius 2 is 2.15 bits per heavy atom. The molecule has 0 aliphatic carbocycles. The Kier molecular flexibility index (Phi) is 4.99. The van der Waals surface area contributed by atoms with Crippen molar-refractivity contribution >= 4 is 17.3 Å². The van der Waals surface area contributed by atoms with E-state index in [1.165, 1.54) is 11.1 Å². The van der Waals surface area contributed by atoms with Gasteiger partial charge >= 0.3 is 0 Å². The van der Waals surface area contributed by atoms with Gasteiger partial charge in [0.1, 0.15) is 0 Å². The highest BCUT2D eigenvalue weighted by molar-refractivity contribution is 6.33. The van der Waals surface area contributed by atoms with Crippen LogP contribution in [0.1, 0.15) is 24.1 Å². The number of nitrogens with one attached hydrogen (secondary N) is 1. The number of nitrogens with zero attached hydrogens (tertiary/aromatic N) is 2. The van der Waals surface area contributed by atoms with Gasteiger partial charge in [-0.3, -0.25) is 4.98 Å². The first kappa shape index (κ1) is 14.8. The van der Waals surface area contributed by atoms with Crippen LogP contribution in [0.25, 0.3) is 0 Å². The first-order valence-corrected chi connectivity index (χ1v) is 7.06. The molecule has 1 heterocycles. The molecule has 0 fully saturated rings. The summed E-state index contributed by atoms with van der Waals surface area (Å²) in [6.07, 6.45) is 3.66. The second-order valence-corrected chi connectivity index (χ2v) is 5.35. The summed E-state index contributed by atoms with van der Waals surface area (Å²) in [4.78, 5) is 6.27. The van der Waals surface area contributed by atoms with Crippen LogP contribution in [0.2, 0.25) is 5.02 Å². The Hall–Kier alpha value is -1.58. The number of rotatable bonds is 5. The molecule has 0 spiro atoms. The SMILES string of the molecule is CNC(C)c1ccc(N(C)Cc2cccnc2)c(Cl)c1. The summed E-state index contributed by atoms with van der Waals surface area (Å²) >= 11 is 6.41. The second-order valence-electron chi connectivity index (χ2n) is 4.94. The number of halogens is 1. The summed E-state index contributed by atoms with van der Waals surface area (Å²) in [7, 11) is 3.98. The van der Waals surface area contributed by atoms with Crippen LogP contribution in [0.3, 0.4) is 0 Å². The van der Waals surface area contributed by atoms with Crippen molar-refractivity contribution in [1.82, 2.24) is 10.3 Å². The maximum atomic E-state index is 6.41. The summed E-state index contributed by atoms with van der Waals surface area (Å²) in [5.74, 6) is 0. The first-order chi connectivity index (χ1) is 9.61. The van der Waals surface area contributed by atoms with Gasteiger partial charge < -0.3 is 10.2 Å². The van der Waals surface area contributed by atoms with E-state index in [2.05, 4.69) is 40.3 Å². The molecule has 2 rings (SSSR count). The van der Waals surface area contributed by atoms with Gasteiger partial charge in [0.2, 0.25) is 0 Å². The summed E-state index contributed by atoms with van der Waals surface area (Å²) in [5, 5.41) is 3.99. The zero-order valence-corrected chi connectivity index (χ0v) is 12.9. The van der Waals surface area contributed by atoms with E-state index in [1.54, 1.807) is 6.20 Å². The molecule has 1 unspecified atom stereocenters. The fourth-order valence-electron chi connectivity index (χ4n) is 2.12. The van der Waals surface area contributed by atoms with Gasteiger partial charge in [0, 0.05) is 32.0 Å². The molecule has 0 aliphatic rings. The van der Waals surface area contributed by atoms with E-state index in [9.17, 15) is 0 Å². The van der Waals surface area contributed by atoms with Gasteiger partial charge in [-0.15, -0.1) is 0 Å². The van der Waals surface area contributed by atoms with Gasteiger partial charge in [-0.2, -0.15) is 0 Å². The average Bonchev–Trinajstić information content (AvgIpc) is 2.47. The smallest absolute Gasteiger partial charge is 0.0642 e. The van der Waals surface area contributed by atoms with Crippen molar-refractivity contribution < 1.29 is 0 Å². The highest BCUT2D eigenvalue weighted by atomic mass is 35.5. The number of hydrogen-bond donors (Lipinski definition) is 1. The fourth-order valence-corrected chi connectivity index (χ4v) is 2.45. The van der Waals surface area contributed by atoms with Crippen molar-refractivity contribution in [3.63, 3.8) is 0 Å². The van der Waals surface area contributed by atoms with E-state index in [-0.39, 0.29) is 0 Å². The Balaban J connectivity index is 2.16. The minimum Gasteiger partial charge on any atom is -0.369 e. The van der Waals surface area contributed by atoms with Gasteiger partial charge in [-0.1, -0.05) is 23.7 Å². The fraction of sp³-hybridized carbons (Fsp3) is 0.312. The van der Waals surface area contributed by atoms with Gasteiger partial charge in [-0.25, -0.2) is 0 Å². The lowest BCUT2D eigenvalue weighted by Crippen LogP contribution is -2.17. The van der Waals surface area contributed by atoms with Crippen LogP contribution in [0.5, 0.6) is 0 Å². The lowest BCUT2D eigenvalue weighted by molar-refractivity contribution is 0.652. The zero-order chi connectivity index (χ0) is 14.5. The molecule has 0 saturated carbocycles. The quantitative estimate of drug-likeness (QED) is 0.911. The van der Waals surface area contributed by atoms with E-state index in [0.29, 0.717) is 6.04 Å². The van der Waals surface area contributed by atoms with Crippen LogP contribution in [0, 0.1) is 0 Å². The number of benzene rings is 1. The molecule has 3 nitrogen and oxygen atoms in total. The second kappa shape index (κ2) is 6.73. The van der Waals surface area contributed by atoms with Crippen LogP contribution in [-0.2, 0) is 6.54 Å². The molecule has 0 amide bonds. The maximum absolute atomic E-state index is 6.41. The molecule has 2 aromatic rings. The van der Waals surface area contributed by atoms with Gasteiger partial charge in [0.05, 0.1) is 10.7 Å². The summed E-state index contributed by atoms with van der Waals surface area (Å²) < 4.78 is 0. The summed E-state index contributed by atoms with van der Waals surface area (Å²) in [6.45, 7) is 2.90. The number of anilines is 1. The Labute approximate surface area is 125 Å². The van der Waals surface area contributed by atoms with Crippen LogP contribution in [0.4, 0.5) is 5.69 Å². The van der Waals surface area contributed by atoms with Crippen molar-refractivity contribution in [3.05, 3.63) is 58.9 Å². The van der Waals surface area contributed by atoms with Crippen LogP contribution in [-0.4, -0.2) is 19.1 Å². The normalized spacial score (nSPS) is 12.2. The molecule has 0 aliphatic heterocycles. The molecule has 1 aromatic carbocycles. The van der Waals surface area contributed by atoms with E-state index in [1.807, 2.05) is 32.4 Å². The Morgan fingerprint density at radius 1 is 1.35 bits per heavy atom. The van der Waals surface area contributed by atoms with E-state index >= 15 is 0 Å². The summed E-state index contributed by atoms with van der Waals surface area (Å²) in [5.41, 5.74) is 3.39. The Morgan fingerprint density at radius 3 is 2.75 bits per heavy atom. The molecular formula is C16H20ClN3. The van der Waals surface area contributed by atoms with Crippen LogP contribution in [0.15, 0.2) is 42.7 Å². The Bertz CT molecular complexity index is 557. The van der Waals surface area contributed by atoms with Crippen molar-refractivity contribution in [2.45, 2.75) is 19.5 Å². The lowest BCUT2D eigenvalue weighted by atomic mass is 10.1. The van der Waals surface area contributed by atoms with E-state index in [4.69, 9.17) is 11.6 Å². The topological polar surface area (TPSA) is 28.2 Å². The van der Waals surface area contributed by atoms with Crippen molar-refractivity contribution in [3.8, 4) is 0 Å². The van der Waals surface area contributed by atoms with Crippen molar-refractivity contribution in [1.29, 1.82) is 0 Å². The lowest BCUT2D eigenvalue weighted by Gasteiger charge is -2.22. The van der Waals surface area contributed by atoms with Crippen LogP contribution >= 0.6 is 11.6 Å². The molecule has 20 heavy (non-hydrogen) atoms. The van der Waals surface area contributed by atoms with Gasteiger partial charge in [-0.05, 0) is 43.3 Å². The third-order valence-corrected chi connectivity index (χ3v) is 3.76. The predicted octanol–water partition coefficient (Wildman–Crippen LogP) is 3.65. The standard InChI is InChI=1S/C16H20ClN3/c1-12(18-2)14-6-7-16(15(17)9-14)20(3)11-13-5-4-8-19-10-13/h4-10,12,18H,11H2,1-3H3. The number of aromatic nitrogens is 1. The molecule has 0 bridgehead atoms. The highest BCUT2D eigenvalue weighted by Crippen LogP contribution is 2.29.